The van der Waals surface area contributed by atoms with Crippen LogP contribution in [0.5, 0.6) is 11.5 Å². The van der Waals surface area contributed by atoms with Gasteiger partial charge in [0, 0.05) is 5.02 Å². The molecule has 1 aliphatic rings. The van der Waals surface area contributed by atoms with Crippen LogP contribution in [0, 0.1) is 0 Å². The molecule has 0 N–H and O–H groups in total. The second-order valence-corrected chi connectivity index (χ2v) is 11.7. The third-order valence-corrected chi connectivity index (χ3v) is 8.44. The van der Waals surface area contributed by atoms with Gasteiger partial charge < -0.3 is 14.2 Å². The molecule has 0 aliphatic carbocycles. The molecule has 7 nitrogen and oxygen atoms in total. The van der Waals surface area contributed by atoms with Crippen LogP contribution in [0.2, 0.25) is 5.02 Å². The molecule has 1 atom stereocenters. The van der Waals surface area contributed by atoms with Gasteiger partial charge in [-0.1, -0.05) is 53.3 Å². The lowest BCUT2D eigenvalue weighted by Crippen LogP contribution is -2.39. The third kappa shape index (κ3) is 6.38. The Morgan fingerprint density at radius 2 is 1.79 bits per heavy atom. The highest BCUT2D eigenvalue weighted by atomic mass is 79.9. The molecule has 4 aromatic rings. The molecule has 0 amide bonds. The highest BCUT2D eigenvalue weighted by Crippen LogP contribution is 2.32. The molecular formula is C32H28BrClN2O5S. The Bertz CT molecular complexity index is 1830. The molecule has 42 heavy (non-hydrogen) atoms. The van der Waals surface area contributed by atoms with Crippen molar-refractivity contribution in [3.63, 3.8) is 0 Å². The highest BCUT2D eigenvalue weighted by molar-refractivity contribution is 9.10. The molecular weight excluding hydrogens is 640 g/mol. The summed E-state index contributed by atoms with van der Waals surface area (Å²) in [5, 5.41) is 0.674. The van der Waals surface area contributed by atoms with E-state index in [1.807, 2.05) is 79.7 Å². The largest absolute Gasteiger partial charge is 0.494 e. The predicted octanol–water partition coefficient (Wildman–Crippen LogP) is 6.19. The Balaban J connectivity index is 1.51. The summed E-state index contributed by atoms with van der Waals surface area (Å²) in [7, 11) is 0. The Morgan fingerprint density at radius 3 is 2.45 bits per heavy atom. The number of allylic oxidation sites excluding steroid dienone is 1. The highest BCUT2D eigenvalue weighted by Gasteiger charge is 2.33. The lowest BCUT2D eigenvalue weighted by atomic mass is 9.96. The first-order chi connectivity index (χ1) is 20.3. The molecule has 216 valence electrons. The SMILES string of the molecule is CCOC(=O)C1=C(C)N=c2s/c(=C\c3ccc(OCc4ccc(Cl)cc4)c(Br)c3)c(=O)n2[C@@H]1c1ccc(OCC)cc1. The second-order valence-electron chi connectivity index (χ2n) is 9.41. The predicted molar refractivity (Wildman–Crippen MR) is 168 cm³/mol. The molecule has 0 fully saturated rings. The first-order valence-corrected chi connectivity index (χ1v) is 15.4. The van der Waals surface area contributed by atoms with E-state index in [9.17, 15) is 9.59 Å². The van der Waals surface area contributed by atoms with Gasteiger partial charge in [0.2, 0.25) is 0 Å². The van der Waals surface area contributed by atoms with Gasteiger partial charge in [-0.3, -0.25) is 9.36 Å². The van der Waals surface area contributed by atoms with E-state index >= 15 is 0 Å². The van der Waals surface area contributed by atoms with E-state index in [2.05, 4.69) is 20.9 Å². The zero-order valence-corrected chi connectivity index (χ0v) is 26.4. The van der Waals surface area contributed by atoms with Gasteiger partial charge in [0.25, 0.3) is 5.56 Å². The molecule has 2 heterocycles. The molecule has 3 aromatic carbocycles. The number of rotatable bonds is 9. The average molecular weight is 668 g/mol. The summed E-state index contributed by atoms with van der Waals surface area (Å²) in [6.07, 6.45) is 1.82. The van der Waals surface area contributed by atoms with E-state index in [1.54, 1.807) is 18.4 Å². The van der Waals surface area contributed by atoms with Gasteiger partial charge in [0.1, 0.15) is 18.1 Å². The number of halogens is 2. The quantitative estimate of drug-likeness (QED) is 0.199. The fourth-order valence-electron chi connectivity index (χ4n) is 4.64. The van der Waals surface area contributed by atoms with Crippen molar-refractivity contribution >= 4 is 50.9 Å². The number of fused-ring (bicyclic) bond motifs is 1. The zero-order valence-electron chi connectivity index (χ0n) is 23.2. The number of carbonyl (C=O) groups is 1. The van der Waals surface area contributed by atoms with Crippen molar-refractivity contribution in [1.29, 1.82) is 0 Å². The van der Waals surface area contributed by atoms with Crippen molar-refractivity contribution < 1.29 is 19.0 Å². The fourth-order valence-corrected chi connectivity index (χ4v) is 6.32. The molecule has 5 rings (SSSR count). The van der Waals surface area contributed by atoms with E-state index in [1.165, 1.54) is 11.3 Å². The van der Waals surface area contributed by atoms with Crippen molar-refractivity contribution in [2.75, 3.05) is 13.2 Å². The van der Waals surface area contributed by atoms with E-state index in [-0.39, 0.29) is 12.2 Å². The molecule has 0 saturated heterocycles. The maximum Gasteiger partial charge on any atom is 0.338 e. The molecule has 0 radical (unpaired) electrons. The fraction of sp³-hybridized carbons (Fsp3) is 0.219. The standard InChI is InChI=1S/C32H28BrClN2O5S/c1-4-39-24-13-9-22(10-14-24)29-28(31(38)40-5-2)19(3)35-32-36(29)30(37)27(42-32)17-21-8-15-26(25(33)16-21)41-18-20-6-11-23(34)12-7-20/h6-17,29H,4-5,18H2,1-3H3/b27-17-/t29-/m1/s1. The van der Waals surface area contributed by atoms with Crippen LogP contribution in [0.4, 0.5) is 0 Å². The van der Waals surface area contributed by atoms with Gasteiger partial charge in [-0.2, -0.15) is 0 Å². The summed E-state index contributed by atoms with van der Waals surface area (Å²) in [5.41, 5.74) is 3.18. The molecule has 0 unspecified atom stereocenters. The van der Waals surface area contributed by atoms with Crippen LogP contribution in [-0.4, -0.2) is 23.8 Å². The third-order valence-electron chi connectivity index (χ3n) is 6.59. The van der Waals surface area contributed by atoms with Crippen molar-refractivity contribution in [3.05, 3.63) is 124 Å². The lowest BCUT2D eigenvalue weighted by Gasteiger charge is -2.24. The van der Waals surface area contributed by atoms with Crippen molar-refractivity contribution in [2.45, 2.75) is 33.4 Å². The summed E-state index contributed by atoms with van der Waals surface area (Å²) >= 11 is 10.8. The summed E-state index contributed by atoms with van der Waals surface area (Å²) in [4.78, 5) is 32.1. The van der Waals surface area contributed by atoms with Crippen LogP contribution in [0.1, 0.15) is 43.5 Å². The minimum absolute atomic E-state index is 0.213. The number of esters is 1. The lowest BCUT2D eigenvalue weighted by molar-refractivity contribution is -0.139. The van der Waals surface area contributed by atoms with Gasteiger partial charge in [-0.05, 0) is 95.9 Å². The Kier molecular flexibility index (Phi) is 9.30. The molecule has 10 heteroatoms. The minimum Gasteiger partial charge on any atom is -0.494 e. The van der Waals surface area contributed by atoms with Crippen LogP contribution < -0.4 is 24.4 Å². The van der Waals surface area contributed by atoms with Crippen molar-refractivity contribution in [1.82, 2.24) is 4.57 Å². The number of ether oxygens (including phenoxy) is 3. The number of aromatic nitrogens is 1. The van der Waals surface area contributed by atoms with E-state index < -0.39 is 12.0 Å². The molecule has 0 bridgehead atoms. The van der Waals surface area contributed by atoms with E-state index in [0.29, 0.717) is 50.3 Å². The maximum atomic E-state index is 13.9. The van der Waals surface area contributed by atoms with Gasteiger partial charge >= 0.3 is 5.97 Å². The van der Waals surface area contributed by atoms with Gasteiger partial charge in [0.05, 0.1) is 39.5 Å². The number of carbonyl (C=O) groups excluding carboxylic acids is 1. The molecule has 0 spiro atoms. The first-order valence-electron chi connectivity index (χ1n) is 13.4. The van der Waals surface area contributed by atoms with Gasteiger partial charge in [0.15, 0.2) is 4.80 Å². The summed E-state index contributed by atoms with van der Waals surface area (Å²) in [6.45, 7) is 6.57. The zero-order chi connectivity index (χ0) is 29.8. The van der Waals surface area contributed by atoms with Crippen LogP contribution in [0.25, 0.3) is 6.08 Å². The van der Waals surface area contributed by atoms with Gasteiger partial charge in [-0.15, -0.1) is 0 Å². The normalized spacial score (nSPS) is 14.8. The number of benzene rings is 3. The van der Waals surface area contributed by atoms with Gasteiger partial charge in [-0.25, -0.2) is 9.79 Å². The number of hydrogen-bond acceptors (Lipinski definition) is 7. The van der Waals surface area contributed by atoms with Crippen LogP contribution >= 0.6 is 38.9 Å². The smallest absolute Gasteiger partial charge is 0.338 e. The van der Waals surface area contributed by atoms with Crippen LogP contribution in [0.15, 0.2) is 92.3 Å². The second kappa shape index (κ2) is 13.1. The van der Waals surface area contributed by atoms with Crippen LogP contribution in [0.3, 0.4) is 0 Å². The first kappa shape index (κ1) is 29.8. The maximum absolute atomic E-state index is 13.9. The van der Waals surface area contributed by atoms with Crippen molar-refractivity contribution in [3.8, 4) is 11.5 Å². The molecule has 1 aromatic heterocycles. The van der Waals surface area contributed by atoms with Crippen LogP contribution in [-0.2, 0) is 16.1 Å². The Hall–Kier alpha value is -3.66. The minimum atomic E-state index is -0.687. The number of thiazole rings is 1. The van der Waals surface area contributed by atoms with Crippen molar-refractivity contribution in [2.24, 2.45) is 4.99 Å². The Labute approximate surface area is 260 Å². The van der Waals surface area contributed by atoms with E-state index in [4.69, 9.17) is 25.8 Å². The summed E-state index contributed by atoms with van der Waals surface area (Å²) < 4.78 is 19.8. The average Bonchev–Trinajstić information content (AvgIpc) is 3.27. The molecule has 1 aliphatic heterocycles. The summed E-state index contributed by atoms with van der Waals surface area (Å²) in [6, 6.07) is 19.8. The summed E-state index contributed by atoms with van der Waals surface area (Å²) in [5.74, 6) is 0.886. The molecule has 0 saturated carbocycles. The Morgan fingerprint density at radius 1 is 1.05 bits per heavy atom. The number of nitrogens with zero attached hydrogens (tertiary/aromatic N) is 2. The van der Waals surface area contributed by atoms with E-state index in [0.717, 1.165) is 21.2 Å². The monoisotopic (exact) mass is 666 g/mol. The topological polar surface area (TPSA) is 79.1 Å². The number of hydrogen-bond donors (Lipinski definition) is 0.